The maximum absolute atomic E-state index is 11.3. The van der Waals surface area contributed by atoms with Crippen LogP contribution in [-0.2, 0) is 13.1 Å². The van der Waals surface area contributed by atoms with Gasteiger partial charge in [-0.05, 0) is 33.3 Å². The Morgan fingerprint density at radius 3 is 2.52 bits per heavy atom. The van der Waals surface area contributed by atoms with Crippen LogP contribution < -0.4 is 10.6 Å². The van der Waals surface area contributed by atoms with Crippen LogP contribution in [0.15, 0.2) is 24.5 Å². The van der Waals surface area contributed by atoms with Gasteiger partial charge in [-0.2, -0.15) is 9.97 Å². The van der Waals surface area contributed by atoms with Gasteiger partial charge in [-0.25, -0.2) is 14.8 Å². The molecule has 9 nitrogen and oxygen atoms in total. The summed E-state index contributed by atoms with van der Waals surface area (Å²) in [5.74, 6) is -0.0443. The maximum atomic E-state index is 11.3. The van der Waals surface area contributed by atoms with Gasteiger partial charge in [0.25, 0.3) is 0 Å². The van der Waals surface area contributed by atoms with Crippen LogP contribution in [0.2, 0.25) is 0 Å². The zero-order chi connectivity index (χ0) is 22.1. The van der Waals surface area contributed by atoms with Crippen LogP contribution in [-0.4, -0.2) is 35.6 Å². The Labute approximate surface area is 183 Å². The molecule has 0 spiro atoms. The fourth-order valence-corrected chi connectivity index (χ4v) is 4.30. The number of thiazole rings is 1. The number of fused-ring (bicyclic) bond motifs is 1. The summed E-state index contributed by atoms with van der Waals surface area (Å²) in [5, 5.41) is 16.1. The van der Waals surface area contributed by atoms with E-state index in [4.69, 9.17) is 0 Å². The largest absolute Gasteiger partial charge is 0.477 e. The number of aromatic carboxylic acids is 1. The van der Waals surface area contributed by atoms with Gasteiger partial charge in [0.1, 0.15) is 10.4 Å². The Kier molecular flexibility index (Phi) is 5.55. The first kappa shape index (κ1) is 20.7. The molecule has 4 aromatic rings. The Bertz CT molecular complexity index is 1260. The third-order valence-corrected chi connectivity index (χ3v) is 5.82. The van der Waals surface area contributed by atoms with Crippen LogP contribution in [0.5, 0.6) is 0 Å². The molecule has 0 bridgehead atoms. The number of carboxylic acids is 1. The molecule has 0 aliphatic heterocycles. The average Bonchev–Trinajstić information content (AvgIpc) is 3.28. The first-order valence-corrected chi connectivity index (χ1v) is 10.7. The molecule has 160 valence electrons. The highest BCUT2D eigenvalue weighted by atomic mass is 32.1. The molecule has 4 rings (SSSR count). The standard InChI is InChI=1S/C21H23N7O2S/c1-5-28-10-23-18-15(28)17(22-9-14-7-11(2)6-12(3)8-14)25-20(26-18)27-21-24-13(4)16(31-21)19(29)30/h6-8,10H,5,9H2,1-4H3,(H,29,30)(H2,22,24,25,26,27). The molecular weight excluding hydrogens is 414 g/mol. The lowest BCUT2D eigenvalue weighted by atomic mass is 10.1. The summed E-state index contributed by atoms with van der Waals surface area (Å²) in [5.41, 5.74) is 5.39. The van der Waals surface area contributed by atoms with Gasteiger partial charge < -0.3 is 15.0 Å². The van der Waals surface area contributed by atoms with E-state index < -0.39 is 5.97 Å². The predicted octanol–water partition coefficient (Wildman–Crippen LogP) is 4.28. The van der Waals surface area contributed by atoms with Gasteiger partial charge >= 0.3 is 5.97 Å². The summed E-state index contributed by atoms with van der Waals surface area (Å²) in [4.78, 5) is 29.3. The van der Waals surface area contributed by atoms with E-state index in [-0.39, 0.29) is 4.88 Å². The normalized spacial score (nSPS) is 11.1. The Hall–Kier alpha value is -3.53. The summed E-state index contributed by atoms with van der Waals surface area (Å²) in [6.07, 6.45) is 1.74. The molecular formula is C21H23N7O2S. The SMILES string of the molecule is CCn1cnc2nc(Nc3nc(C)c(C(=O)O)s3)nc(NCc3cc(C)cc(C)c3)c21. The Morgan fingerprint density at radius 2 is 1.87 bits per heavy atom. The van der Waals surface area contributed by atoms with Gasteiger partial charge in [0, 0.05) is 13.1 Å². The third kappa shape index (κ3) is 4.33. The van der Waals surface area contributed by atoms with E-state index in [1.54, 1.807) is 13.3 Å². The van der Waals surface area contributed by atoms with Crippen molar-refractivity contribution in [1.29, 1.82) is 0 Å². The highest BCUT2D eigenvalue weighted by Gasteiger charge is 2.17. The van der Waals surface area contributed by atoms with Gasteiger partial charge in [0.05, 0.1) is 12.0 Å². The second-order valence-electron chi connectivity index (χ2n) is 7.31. The lowest BCUT2D eigenvalue weighted by molar-refractivity contribution is 0.0701. The van der Waals surface area contributed by atoms with E-state index in [2.05, 4.69) is 62.6 Å². The van der Waals surface area contributed by atoms with Gasteiger partial charge in [-0.3, -0.25) is 5.32 Å². The molecule has 0 unspecified atom stereocenters. The summed E-state index contributed by atoms with van der Waals surface area (Å²) in [7, 11) is 0. The molecule has 3 N–H and O–H groups in total. The van der Waals surface area contributed by atoms with E-state index in [0.717, 1.165) is 29.0 Å². The summed E-state index contributed by atoms with van der Waals surface area (Å²) >= 11 is 1.05. The number of aromatic nitrogens is 5. The maximum Gasteiger partial charge on any atom is 0.347 e. The van der Waals surface area contributed by atoms with Crippen molar-refractivity contribution < 1.29 is 9.90 Å². The highest BCUT2D eigenvalue weighted by molar-refractivity contribution is 7.17. The number of imidazole rings is 1. The molecule has 0 saturated carbocycles. The van der Waals surface area contributed by atoms with Crippen molar-refractivity contribution in [2.45, 2.75) is 40.8 Å². The van der Waals surface area contributed by atoms with Crippen molar-refractivity contribution in [3.63, 3.8) is 0 Å². The van der Waals surface area contributed by atoms with E-state index in [9.17, 15) is 9.90 Å². The smallest absolute Gasteiger partial charge is 0.347 e. The molecule has 3 aromatic heterocycles. The van der Waals surface area contributed by atoms with Crippen LogP contribution in [0.4, 0.5) is 16.9 Å². The van der Waals surface area contributed by atoms with Gasteiger partial charge in [0.15, 0.2) is 16.6 Å². The molecule has 0 aliphatic rings. The molecule has 1 aromatic carbocycles. The number of hydrogen-bond acceptors (Lipinski definition) is 8. The topological polar surface area (TPSA) is 118 Å². The van der Waals surface area contributed by atoms with Crippen LogP contribution in [0.25, 0.3) is 11.2 Å². The third-order valence-electron chi connectivity index (χ3n) is 4.76. The first-order chi connectivity index (χ1) is 14.8. The van der Waals surface area contributed by atoms with Crippen LogP contribution >= 0.6 is 11.3 Å². The molecule has 3 heterocycles. The molecule has 0 radical (unpaired) electrons. The quantitative estimate of drug-likeness (QED) is 0.392. The van der Waals surface area contributed by atoms with Crippen molar-refractivity contribution in [2.75, 3.05) is 10.6 Å². The molecule has 10 heteroatoms. The van der Waals surface area contributed by atoms with Crippen molar-refractivity contribution in [1.82, 2.24) is 24.5 Å². The number of rotatable bonds is 7. The van der Waals surface area contributed by atoms with Gasteiger partial charge in [-0.15, -0.1) is 0 Å². The van der Waals surface area contributed by atoms with Gasteiger partial charge in [-0.1, -0.05) is 40.7 Å². The van der Waals surface area contributed by atoms with Crippen molar-refractivity contribution in [3.8, 4) is 0 Å². The van der Waals surface area contributed by atoms with E-state index in [0.29, 0.717) is 34.8 Å². The monoisotopic (exact) mass is 437 g/mol. The number of anilines is 3. The fourth-order valence-electron chi connectivity index (χ4n) is 3.50. The van der Waals surface area contributed by atoms with Crippen molar-refractivity contribution in [2.24, 2.45) is 0 Å². The number of hydrogen-bond donors (Lipinski definition) is 3. The van der Waals surface area contributed by atoms with E-state index >= 15 is 0 Å². The van der Waals surface area contributed by atoms with Crippen LogP contribution in [0.1, 0.15) is 39.0 Å². The number of benzene rings is 1. The molecule has 0 fully saturated rings. The van der Waals surface area contributed by atoms with Crippen LogP contribution in [0.3, 0.4) is 0 Å². The molecule has 31 heavy (non-hydrogen) atoms. The number of carbonyl (C=O) groups is 1. The lowest BCUT2D eigenvalue weighted by Crippen LogP contribution is -2.08. The Morgan fingerprint density at radius 1 is 1.13 bits per heavy atom. The van der Waals surface area contributed by atoms with Crippen molar-refractivity contribution in [3.05, 3.63) is 51.8 Å². The zero-order valence-electron chi connectivity index (χ0n) is 17.7. The molecule has 0 atom stereocenters. The number of nitrogens with one attached hydrogen (secondary N) is 2. The van der Waals surface area contributed by atoms with Crippen molar-refractivity contribution >= 4 is 45.4 Å². The van der Waals surface area contributed by atoms with Crippen LogP contribution in [0, 0.1) is 20.8 Å². The number of aryl methyl sites for hydroxylation is 4. The molecule has 0 aliphatic carbocycles. The number of nitrogens with zero attached hydrogens (tertiary/aromatic N) is 5. The highest BCUT2D eigenvalue weighted by Crippen LogP contribution is 2.27. The summed E-state index contributed by atoms with van der Waals surface area (Å²) in [6.45, 7) is 9.19. The summed E-state index contributed by atoms with van der Waals surface area (Å²) in [6, 6.07) is 6.42. The molecule has 0 amide bonds. The second-order valence-corrected chi connectivity index (χ2v) is 8.31. The summed E-state index contributed by atoms with van der Waals surface area (Å²) < 4.78 is 1.99. The predicted molar refractivity (Wildman–Crippen MR) is 121 cm³/mol. The minimum absolute atomic E-state index is 0.187. The second kappa shape index (κ2) is 8.31. The van der Waals surface area contributed by atoms with E-state index in [1.165, 1.54) is 11.1 Å². The lowest BCUT2D eigenvalue weighted by Gasteiger charge is -2.12. The minimum atomic E-state index is -1.00. The Balaban J connectivity index is 1.68. The first-order valence-electron chi connectivity index (χ1n) is 9.85. The fraction of sp³-hybridized carbons (Fsp3) is 0.286. The molecule has 0 saturated heterocycles. The minimum Gasteiger partial charge on any atom is -0.477 e. The van der Waals surface area contributed by atoms with E-state index in [1.807, 2.05) is 11.5 Å². The van der Waals surface area contributed by atoms with Gasteiger partial charge in [0.2, 0.25) is 5.95 Å². The zero-order valence-corrected chi connectivity index (χ0v) is 18.5. The average molecular weight is 438 g/mol. The number of carboxylic acid groups (broad SMARTS) is 1.